The lowest BCUT2D eigenvalue weighted by molar-refractivity contribution is 0.304. The maximum Gasteiger partial charge on any atom is 0.234 e. The Balaban J connectivity index is 1.72. The summed E-state index contributed by atoms with van der Waals surface area (Å²) >= 11 is 4.91. The molecule has 0 fully saturated rings. The van der Waals surface area contributed by atoms with Crippen molar-refractivity contribution in [3.63, 3.8) is 0 Å². The van der Waals surface area contributed by atoms with Crippen molar-refractivity contribution in [3.8, 4) is 5.75 Å². The van der Waals surface area contributed by atoms with Crippen LogP contribution in [0, 0.1) is 0 Å². The molecule has 3 aromatic rings. The number of fused-ring (bicyclic) bond motifs is 1. The molecule has 3 rings (SSSR count). The van der Waals surface area contributed by atoms with Crippen LogP contribution < -0.4 is 4.74 Å². The number of aromatic nitrogens is 4. The molecule has 0 saturated heterocycles. The molecule has 0 N–H and O–H groups in total. The van der Waals surface area contributed by atoms with E-state index in [2.05, 4.69) is 38.1 Å². The van der Waals surface area contributed by atoms with E-state index >= 15 is 0 Å². The van der Waals surface area contributed by atoms with E-state index in [0.717, 1.165) is 38.9 Å². The Morgan fingerprint density at radius 2 is 2.05 bits per heavy atom. The minimum atomic E-state index is 0.446. The highest BCUT2D eigenvalue weighted by atomic mass is 79.9. The third-order valence-electron chi connectivity index (χ3n) is 2.75. The maximum absolute atomic E-state index is 5.71. The van der Waals surface area contributed by atoms with Crippen LogP contribution in [0.15, 0.2) is 28.7 Å². The third kappa shape index (κ3) is 2.83. The Morgan fingerprint density at radius 3 is 2.80 bits per heavy atom. The van der Waals surface area contributed by atoms with Gasteiger partial charge in [-0.05, 0) is 30.7 Å². The van der Waals surface area contributed by atoms with Crippen LogP contribution in [0.25, 0.3) is 4.96 Å². The van der Waals surface area contributed by atoms with Gasteiger partial charge in [0.2, 0.25) is 4.96 Å². The van der Waals surface area contributed by atoms with Gasteiger partial charge in [-0.25, -0.2) is 0 Å². The summed E-state index contributed by atoms with van der Waals surface area (Å²) in [7, 11) is 0. The van der Waals surface area contributed by atoms with Gasteiger partial charge in [0, 0.05) is 10.9 Å². The second kappa shape index (κ2) is 5.88. The van der Waals surface area contributed by atoms with Crippen molar-refractivity contribution < 1.29 is 4.74 Å². The molecular formula is C13H13BrN4OS. The van der Waals surface area contributed by atoms with Gasteiger partial charge >= 0.3 is 0 Å². The summed E-state index contributed by atoms with van der Waals surface area (Å²) in [6.45, 7) is 2.56. The van der Waals surface area contributed by atoms with E-state index in [1.165, 1.54) is 11.3 Å². The van der Waals surface area contributed by atoms with Gasteiger partial charge in [-0.3, -0.25) is 0 Å². The van der Waals surface area contributed by atoms with Crippen molar-refractivity contribution in [2.45, 2.75) is 26.4 Å². The first kappa shape index (κ1) is 13.5. The van der Waals surface area contributed by atoms with Crippen LogP contribution in [0.2, 0.25) is 0 Å². The highest BCUT2D eigenvalue weighted by Gasteiger charge is 2.11. The zero-order valence-electron chi connectivity index (χ0n) is 10.9. The Hall–Kier alpha value is -1.47. The SMILES string of the molecule is CCCc1nnc2sc(COc3ccc(Br)cc3)nn12. The zero-order valence-corrected chi connectivity index (χ0v) is 13.3. The molecule has 2 heterocycles. The molecule has 0 aliphatic heterocycles. The van der Waals surface area contributed by atoms with E-state index < -0.39 is 0 Å². The van der Waals surface area contributed by atoms with Gasteiger partial charge in [0.1, 0.15) is 12.4 Å². The van der Waals surface area contributed by atoms with Crippen molar-refractivity contribution >= 4 is 32.2 Å². The summed E-state index contributed by atoms with van der Waals surface area (Å²) < 4.78 is 8.56. The Labute approximate surface area is 128 Å². The molecule has 104 valence electrons. The van der Waals surface area contributed by atoms with Crippen LogP contribution >= 0.6 is 27.3 Å². The largest absolute Gasteiger partial charge is 0.486 e. The molecule has 0 amide bonds. The van der Waals surface area contributed by atoms with Crippen LogP contribution in [0.5, 0.6) is 5.75 Å². The highest BCUT2D eigenvalue weighted by Crippen LogP contribution is 2.19. The van der Waals surface area contributed by atoms with E-state index in [9.17, 15) is 0 Å². The van der Waals surface area contributed by atoms with Crippen LogP contribution in [0.3, 0.4) is 0 Å². The van der Waals surface area contributed by atoms with E-state index in [-0.39, 0.29) is 0 Å². The lowest BCUT2D eigenvalue weighted by Gasteiger charge is -2.03. The van der Waals surface area contributed by atoms with Gasteiger partial charge in [-0.15, -0.1) is 10.2 Å². The van der Waals surface area contributed by atoms with Crippen molar-refractivity contribution in [1.82, 2.24) is 19.8 Å². The van der Waals surface area contributed by atoms with Gasteiger partial charge in [0.05, 0.1) is 0 Å². The number of benzene rings is 1. The summed E-state index contributed by atoms with van der Waals surface area (Å²) in [5.74, 6) is 1.74. The zero-order chi connectivity index (χ0) is 13.9. The first-order valence-electron chi connectivity index (χ1n) is 6.34. The molecule has 0 spiro atoms. The molecule has 20 heavy (non-hydrogen) atoms. The number of ether oxygens (including phenoxy) is 1. The Bertz CT molecular complexity index is 707. The summed E-state index contributed by atoms with van der Waals surface area (Å²) in [4.78, 5) is 0.822. The predicted molar refractivity (Wildman–Crippen MR) is 81.1 cm³/mol. The van der Waals surface area contributed by atoms with Crippen molar-refractivity contribution in [1.29, 1.82) is 0 Å². The first-order chi connectivity index (χ1) is 9.76. The molecule has 5 nitrogen and oxygen atoms in total. The molecule has 0 saturated carbocycles. The van der Waals surface area contributed by atoms with Crippen molar-refractivity contribution in [3.05, 3.63) is 39.6 Å². The van der Waals surface area contributed by atoms with Crippen LogP contribution in [0.1, 0.15) is 24.2 Å². The third-order valence-corrected chi connectivity index (χ3v) is 4.15. The summed E-state index contributed by atoms with van der Waals surface area (Å²) in [5, 5.41) is 13.7. The summed E-state index contributed by atoms with van der Waals surface area (Å²) in [5.41, 5.74) is 0. The molecule has 0 bridgehead atoms. The number of aryl methyl sites for hydroxylation is 1. The maximum atomic E-state index is 5.71. The topological polar surface area (TPSA) is 52.3 Å². The van der Waals surface area contributed by atoms with Gasteiger partial charge in [-0.2, -0.15) is 9.61 Å². The molecule has 1 aromatic carbocycles. The lowest BCUT2D eigenvalue weighted by Crippen LogP contribution is -1.99. The monoisotopic (exact) mass is 352 g/mol. The Kier molecular flexibility index (Phi) is 3.98. The molecule has 0 aliphatic carbocycles. The fourth-order valence-corrected chi connectivity index (χ4v) is 2.84. The van der Waals surface area contributed by atoms with Gasteiger partial charge < -0.3 is 4.74 Å². The number of hydrogen-bond donors (Lipinski definition) is 0. The quantitative estimate of drug-likeness (QED) is 0.705. The minimum Gasteiger partial charge on any atom is -0.486 e. The highest BCUT2D eigenvalue weighted by molar-refractivity contribution is 9.10. The second-order valence-corrected chi connectivity index (χ2v) is 6.26. The average Bonchev–Trinajstić information content (AvgIpc) is 3.00. The van der Waals surface area contributed by atoms with Crippen molar-refractivity contribution in [2.24, 2.45) is 0 Å². The molecule has 0 radical (unpaired) electrons. The number of rotatable bonds is 5. The standard InChI is InChI=1S/C13H13BrN4OS/c1-2-3-11-15-16-13-18(11)17-12(20-13)8-19-10-6-4-9(14)5-7-10/h4-7H,2-3,8H2,1H3. The molecule has 2 aromatic heterocycles. The van der Waals surface area contributed by atoms with Crippen molar-refractivity contribution in [2.75, 3.05) is 0 Å². The fraction of sp³-hybridized carbons (Fsp3) is 0.308. The molecule has 0 aliphatic rings. The fourth-order valence-electron chi connectivity index (χ4n) is 1.81. The average molecular weight is 353 g/mol. The molecule has 0 atom stereocenters. The number of hydrogen-bond acceptors (Lipinski definition) is 5. The number of nitrogens with zero attached hydrogens (tertiary/aromatic N) is 4. The predicted octanol–water partition coefficient (Wildman–Crippen LogP) is 3.48. The van der Waals surface area contributed by atoms with E-state index in [1.54, 1.807) is 0 Å². The van der Waals surface area contributed by atoms with E-state index in [1.807, 2.05) is 28.8 Å². The number of halogens is 1. The van der Waals surface area contributed by atoms with Crippen LogP contribution in [-0.2, 0) is 13.0 Å². The minimum absolute atomic E-state index is 0.446. The normalized spacial score (nSPS) is 11.1. The molecule has 0 unspecified atom stereocenters. The molecular weight excluding hydrogens is 340 g/mol. The van der Waals surface area contributed by atoms with Gasteiger partial charge in [0.15, 0.2) is 10.8 Å². The molecule has 7 heteroatoms. The summed E-state index contributed by atoms with van der Waals surface area (Å²) in [6.07, 6.45) is 1.92. The van der Waals surface area contributed by atoms with Gasteiger partial charge in [-0.1, -0.05) is 34.2 Å². The Morgan fingerprint density at radius 1 is 1.25 bits per heavy atom. The second-order valence-electron chi connectivity index (χ2n) is 4.30. The van der Waals surface area contributed by atoms with E-state index in [0.29, 0.717) is 6.61 Å². The summed E-state index contributed by atoms with van der Waals surface area (Å²) in [6, 6.07) is 7.75. The smallest absolute Gasteiger partial charge is 0.234 e. The van der Waals surface area contributed by atoms with Crippen LogP contribution in [0.4, 0.5) is 0 Å². The van der Waals surface area contributed by atoms with Gasteiger partial charge in [0.25, 0.3) is 0 Å². The lowest BCUT2D eigenvalue weighted by atomic mass is 10.3. The first-order valence-corrected chi connectivity index (χ1v) is 7.95. The van der Waals surface area contributed by atoms with Crippen LogP contribution in [-0.4, -0.2) is 19.8 Å². The van der Waals surface area contributed by atoms with E-state index in [4.69, 9.17) is 4.74 Å².